The number of hydrogen-bond acceptors (Lipinski definition) is 6. The average Bonchev–Trinajstić information content (AvgIpc) is 3.08. The first-order valence-electron chi connectivity index (χ1n) is 12.3. The number of aromatic hydroxyl groups is 1. The Labute approximate surface area is 221 Å². The molecule has 0 radical (unpaired) electrons. The zero-order valence-corrected chi connectivity index (χ0v) is 21.5. The van der Waals surface area contributed by atoms with Gasteiger partial charge in [-0.3, -0.25) is 19.3 Å². The van der Waals surface area contributed by atoms with Crippen molar-refractivity contribution in [3.8, 4) is 11.5 Å². The van der Waals surface area contributed by atoms with Gasteiger partial charge in [-0.05, 0) is 23.6 Å². The molecular weight excluding hydrogens is 512 g/mol. The number of benzene rings is 2. The van der Waals surface area contributed by atoms with Crippen LogP contribution in [-0.2, 0) is 5.75 Å². The van der Waals surface area contributed by atoms with Crippen molar-refractivity contribution in [1.82, 2.24) is 9.58 Å². The first kappa shape index (κ1) is 24.5. The van der Waals surface area contributed by atoms with Crippen molar-refractivity contribution in [1.29, 1.82) is 0 Å². The number of pyridine rings is 1. The lowest BCUT2D eigenvalue weighted by Gasteiger charge is -2.46. The van der Waals surface area contributed by atoms with Crippen molar-refractivity contribution in [2.24, 2.45) is 5.92 Å². The quantitative estimate of drug-likeness (QED) is 0.459. The van der Waals surface area contributed by atoms with E-state index in [0.29, 0.717) is 5.56 Å². The Balaban J connectivity index is 1.72. The fourth-order valence-corrected chi connectivity index (χ4v) is 6.59. The topological polar surface area (TPSA) is 75.0 Å². The third-order valence-corrected chi connectivity index (χ3v) is 8.40. The van der Waals surface area contributed by atoms with E-state index in [1.165, 1.54) is 28.7 Å². The number of amides is 1. The molecule has 1 amide bonds. The molecule has 1 N–H and O–H groups in total. The Kier molecular flexibility index (Phi) is 5.94. The lowest BCUT2D eigenvalue weighted by atomic mass is 9.92. The third kappa shape index (κ3) is 3.69. The highest BCUT2D eigenvalue weighted by Gasteiger charge is 2.43. The molecule has 0 saturated carbocycles. The summed E-state index contributed by atoms with van der Waals surface area (Å²) in [6.07, 6.45) is 5.03. The number of ether oxygens (including phenoxy) is 1. The van der Waals surface area contributed by atoms with Gasteiger partial charge in [0.25, 0.3) is 5.91 Å². The Morgan fingerprint density at radius 2 is 1.95 bits per heavy atom. The van der Waals surface area contributed by atoms with Crippen molar-refractivity contribution in [3.63, 3.8) is 0 Å². The van der Waals surface area contributed by atoms with Crippen LogP contribution in [0.15, 0.2) is 64.4 Å². The molecule has 0 spiro atoms. The fraction of sp³-hybridized carbons (Fsp3) is 0.286. The summed E-state index contributed by atoms with van der Waals surface area (Å²) in [5.41, 5.74) is 0.560. The predicted molar refractivity (Wildman–Crippen MR) is 139 cm³/mol. The van der Waals surface area contributed by atoms with Gasteiger partial charge >= 0.3 is 0 Å². The van der Waals surface area contributed by atoms with E-state index in [2.05, 4.69) is 0 Å². The molecule has 1 aromatic heterocycles. The van der Waals surface area contributed by atoms with Crippen LogP contribution in [0, 0.1) is 17.6 Å². The molecule has 0 unspecified atom stereocenters. The minimum atomic E-state index is -1.000. The van der Waals surface area contributed by atoms with Crippen LogP contribution in [0.1, 0.15) is 47.1 Å². The maximum Gasteiger partial charge on any atom is 0.278 e. The van der Waals surface area contributed by atoms with E-state index in [1.807, 2.05) is 44.2 Å². The first-order valence-corrected chi connectivity index (χ1v) is 13.3. The summed E-state index contributed by atoms with van der Waals surface area (Å²) in [7, 11) is 0. The zero-order chi connectivity index (χ0) is 26.7. The highest BCUT2D eigenvalue weighted by atomic mass is 32.2. The van der Waals surface area contributed by atoms with Gasteiger partial charge in [-0.2, -0.15) is 0 Å². The van der Waals surface area contributed by atoms with Gasteiger partial charge in [0.2, 0.25) is 5.43 Å². The maximum absolute atomic E-state index is 15.4. The van der Waals surface area contributed by atoms with E-state index in [1.54, 1.807) is 16.0 Å². The monoisotopic (exact) mass is 537 g/mol. The summed E-state index contributed by atoms with van der Waals surface area (Å²) in [6.45, 7) is 4.08. The first-order chi connectivity index (χ1) is 18.3. The Morgan fingerprint density at radius 1 is 1.16 bits per heavy atom. The lowest BCUT2D eigenvalue weighted by Crippen LogP contribution is -2.58. The fourth-order valence-electron chi connectivity index (χ4n) is 5.49. The summed E-state index contributed by atoms with van der Waals surface area (Å²) in [6, 6.07) is 8.70. The summed E-state index contributed by atoms with van der Waals surface area (Å²) in [5, 5.41) is 12.6. The second kappa shape index (κ2) is 9.20. The number of rotatable bonds is 1. The highest BCUT2D eigenvalue weighted by molar-refractivity contribution is 7.98. The largest absolute Gasteiger partial charge is 0.502 e. The molecule has 3 aromatic rings. The Bertz CT molecular complexity index is 1550. The molecule has 2 bridgehead atoms. The molecule has 3 aliphatic heterocycles. The normalized spacial score (nSPS) is 21.0. The van der Waals surface area contributed by atoms with Gasteiger partial charge in [0.05, 0.1) is 6.04 Å². The SMILES string of the molecule is CC(C)[C@H]1/C=C/COc2cc(F)c(F)c3c2[C@@H](c2ccccc2SC3)N2CN1C(=O)c1c(O)c(=O)ccn12. The standard InChI is InChI=1S/C28H25F2N3O4S/c1-15(2)19-7-5-11-37-21-12-18(29)24(30)17-13-38-22-8-4-3-6-16(22)25(23(17)21)33-14-31(19)28(36)26-27(35)20(34)9-10-32(26)33/h3-10,12,15,19,25,35H,11,13-14H2,1-2H3/b7-5+/t19-,25-/m1/s1. The number of aromatic nitrogens is 1. The van der Waals surface area contributed by atoms with Crippen molar-refractivity contribution in [2.75, 3.05) is 18.3 Å². The van der Waals surface area contributed by atoms with Crippen molar-refractivity contribution < 1.29 is 23.4 Å². The number of carbonyl (C=O) groups is 1. The predicted octanol–water partition coefficient (Wildman–Crippen LogP) is 4.55. The van der Waals surface area contributed by atoms with E-state index in [9.17, 15) is 19.1 Å². The molecule has 196 valence electrons. The molecule has 4 heterocycles. The lowest BCUT2D eigenvalue weighted by molar-refractivity contribution is 0.0587. The summed E-state index contributed by atoms with van der Waals surface area (Å²) in [5.74, 6) is -2.76. The number of carbonyl (C=O) groups excluding carboxylic acids is 1. The molecule has 0 fully saturated rings. The molecule has 10 heteroatoms. The minimum absolute atomic E-state index is 0.0215. The molecule has 6 rings (SSSR count). The Morgan fingerprint density at radius 3 is 2.74 bits per heavy atom. The minimum Gasteiger partial charge on any atom is -0.502 e. The van der Waals surface area contributed by atoms with E-state index >= 15 is 4.39 Å². The number of nitrogens with zero attached hydrogens (tertiary/aromatic N) is 3. The molecule has 38 heavy (non-hydrogen) atoms. The number of hydrogen-bond donors (Lipinski definition) is 1. The Hall–Kier alpha value is -3.79. The van der Waals surface area contributed by atoms with Gasteiger partial charge in [0.1, 0.15) is 25.1 Å². The molecule has 7 nitrogen and oxygen atoms in total. The molecule has 0 saturated heterocycles. The van der Waals surface area contributed by atoms with E-state index in [0.717, 1.165) is 16.5 Å². The van der Waals surface area contributed by atoms with Crippen LogP contribution in [0.4, 0.5) is 8.78 Å². The molecule has 2 atom stereocenters. The van der Waals surface area contributed by atoms with Gasteiger partial charge in [0.15, 0.2) is 23.1 Å². The summed E-state index contributed by atoms with van der Waals surface area (Å²) < 4.78 is 37.8. The van der Waals surface area contributed by atoms with Gasteiger partial charge in [0, 0.05) is 40.1 Å². The van der Waals surface area contributed by atoms with E-state index < -0.39 is 40.8 Å². The zero-order valence-electron chi connectivity index (χ0n) is 20.7. The van der Waals surface area contributed by atoms with Crippen LogP contribution < -0.4 is 15.2 Å². The number of halogens is 2. The highest BCUT2D eigenvalue weighted by Crippen LogP contribution is 2.47. The smallest absolute Gasteiger partial charge is 0.278 e. The van der Waals surface area contributed by atoms with Crippen molar-refractivity contribution >= 4 is 17.7 Å². The van der Waals surface area contributed by atoms with Gasteiger partial charge < -0.3 is 14.7 Å². The molecule has 3 aliphatic rings. The third-order valence-electron chi connectivity index (χ3n) is 7.28. The van der Waals surface area contributed by atoms with Gasteiger partial charge in [-0.1, -0.05) is 38.1 Å². The summed E-state index contributed by atoms with van der Waals surface area (Å²) >= 11 is 1.39. The molecular formula is C28H25F2N3O4S. The van der Waals surface area contributed by atoms with E-state index in [-0.39, 0.29) is 42.0 Å². The van der Waals surface area contributed by atoms with Crippen LogP contribution in [0.5, 0.6) is 11.5 Å². The van der Waals surface area contributed by atoms with Crippen molar-refractivity contribution in [2.45, 2.75) is 36.6 Å². The second-order valence-electron chi connectivity index (χ2n) is 9.84. The van der Waals surface area contributed by atoms with E-state index in [4.69, 9.17) is 4.74 Å². The second-order valence-corrected chi connectivity index (χ2v) is 10.9. The van der Waals surface area contributed by atoms with Crippen LogP contribution >= 0.6 is 11.8 Å². The van der Waals surface area contributed by atoms with Gasteiger partial charge in [-0.15, -0.1) is 11.8 Å². The molecule has 2 aromatic carbocycles. The molecule has 0 aliphatic carbocycles. The number of fused-ring (bicyclic) bond motifs is 7. The van der Waals surface area contributed by atoms with Crippen LogP contribution in [0.3, 0.4) is 0 Å². The van der Waals surface area contributed by atoms with Crippen LogP contribution in [0.2, 0.25) is 0 Å². The number of thioether (sulfide) groups is 1. The average molecular weight is 538 g/mol. The maximum atomic E-state index is 15.4. The summed E-state index contributed by atoms with van der Waals surface area (Å²) in [4.78, 5) is 28.7. The van der Waals surface area contributed by atoms with Gasteiger partial charge in [-0.25, -0.2) is 8.78 Å². The van der Waals surface area contributed by atoms with Crippen molar-refractivity contribution in [3.05, 3.63) is 99.0 Å². The van der Waals surface area contributed by atoms with Crippen LogP contribution in [0.25, 0.3) is 0 Å². The van der Waals surface area contributed by atoms with Crippen LogP contribution in [-0.4, -0.2) is 39.9 Å².